The van der Waals surface area contributed by atoms with E-state index < -0.39 is 5.60 Å². The fraction of sp³-hybridized carbons (Fsp3) is 0.615. The molecule has 0 saturated heterocycles. The van der Waals surface area contributed by atoms with Crippen LogP contribution in [0.15, 0.2) is 12.1 Å². The van der Waals surface area contributed by atoms with Gasteiger partial charge in [-0.1, -0.05) is 19.3 Å². The number of thiophene rings is 1. The summed E-state index contributed by atoms with van der Waals surface area (Å²) >= 11 is 1.51. The van der Waals surface area contributed by atoms with Gasteiger partial charge in [0, 0.05) is 18.0 Å². The Hall–Kier alpha value is -0.890. The van der Waals surface area contributed by atoms with Gasteiger partial charge in [0.15, 0.2) is 0 Å². The molecular formula is C13H18N2OS. The summed E-state index contributed by atoms with van der Waals surface area (Å²) in [6.07, 6.45) is 5.34. The second kappa shape index (κ2) is 5.63. The first kappa shape index (κ1) is 12.6. The van der Waals surface area contributed by atoms with Crippen molar-refractivity contribution in [1.82, 2.24) is 5.32 Å². The van der Waals surface area contributed by atoms with E-state index in [1.807, 2.05) is 12.1 Å². The van der Waals surface area contributed by atoms with E-state index in [0.717, 1.165) is 42.0 Å². The molecule has 4 heteroatoms. The van der Waals surface area contributed by atoms with Crippen LogP contribution in [0.5, 0.6) is 0 Å². The monoisotopic (exact) mass is 250 g/mol. The molecule has 17 heavy (non-hydrogen) atoms. The van der Waals surface area contributed by atoms with Gasteiger partial charge in [-0.05, 0) is 25.0 Å². The second-order valence-corrected chi connectivity index (χ2v) is 5.93. The summed E-state index contributed by atoms with van der Waals surface area (Å²) in [5, 5.41) is 22.3. The first-order valence-electron chi connectivity index (χ1n) is 6.14. The molecule has 1 aromatic heterocycles. The molecular weight excluding hydrogens is 232 g/mol. The first-order chi connectivity index (χ1) is 8.22. The molecule has 0 spiro atoms. The third-order valence-corrected chi connectivity index (χ3v) is 4.30. The maximum Gasteiger partial charge on any atom is 0.110 e. The molecule has 1 aromatic rings. The zero-order chi connectivity index (χ0) is 12.1. The zero-order valence-corrected chi connectivity index (χ0v) is 10.7. The van der Waals surface area contributed by atoms with Gasteiger partial charge in [-0.25, -0.2) is 0 Å². The van der Waals surface area contributed by atoms with Crippen molar-refractivity contribution in [3.63, 3.8) is 0 Å². The normalized spacial score (nSPS) is 18.8. The molecule has 1 fully saturated rings. The van der Waals surface area contributed by atoms with E-state index in [-0.39, 0.29) is 0 Å². The summed E-state index contributed by atoms with van der Waals surface area (Å²) in [7, 11) is 0. The molecule has 1 aliphatic rings. The molecule has 3 nitrogen and oxygen atoms in total. The van der Waals surface area contributed by atoms with Gasteiger partial charge in [-0.3, -0.25) is 0 Å². The number of rotatable bonds is 4. The van der Waals surface area contributed by atoms with Gasteiger partial charge < -0.3 is 10.4 Å². The number of nitrogens with zero attached hydrogens (tertiary/aromatic N) is 1. The van der Waals surface area contributed by atoms with Crippen molar-refractivity contribution < 1.29 is 5.11 Å². The summed E-state index contributed by atoms with van der Waals surface area (Å²) < 4.78 is 0. The largest absolute Gasteiger partial charge is 0.389 e. The van der Waals surface area contributed by atoms with Gasteiger partial charge in [0.25, 0.3) is 0 Å². The smallest absolute Gasteiger partial charge is 0.110 e. The second-order valence-electron chi connectivity index (χ2n) is 4.77. The predicted molar refractivity (Wildman–Crippen MR) is 68.8 cm³/mol. The summed E-state index contributed by atoms with van der Waals surface area (Å²) in [6, 6.07) is 5.95. The lowest BCUT2D eigenvalue weighted by molar-refractivity contribution is 0.00472. The third kappa shape index (κ3) is 3.53. The minimum absolute atomic E-state index is 0.506. The highest BCUT2D eigenvalue weighted by Gasteiger charge is 2.28. The van der Waals surface area contributed by atoms with Crippen molar-refractivity contribution in [3.8, 4) is 6.07 Å². The molecule has 1 aliphatic carbocycles. The lowest BCUT2D eigenvalue weighted by atomic mass is 9.85. The van der Waals surface area contributed by atoms with Crippen molar-refractivity contribution in [1.29, 1.82) is 5.26 Å². The molecule has 2 rings (SSSR count). The summed E-state index contributed by atoms with van der Waals surface area (Å²) in [5.74, 6) is 0. The van der Waals surface area contributed by atoms with Crippen LogP contribution in [-0.2, 0) is 6.54 Å². The van der Waals surface area contributed by atoms with Crippen molar-refractivity contribution >= 4 is 11.3 Å². The molecule has 1 saturated carbocycles. The average Bonchev–Trinajstić information content (AvgIpc) is 2.78. The van der Waals surface area contributed by atoms with E-state index in [4.69, 9.17) is 5.26 Å². The molecule has 0 amide bonds. The van der Waals surface area contributed by atoms with E-state index in [9.17, 15) is 5.11 Å². The Labute approximate surface area is 106 Å². The van der Waals surface area contributed by atoms with Gasteiger partial charge in [0.1, 0.15) is 10.9 Å². The molecule has 0 aliphatic heterocycles. The Balaban J connectivity index is 1.77. The van der Waals surface area contributed by atoms with Gasteiger partial charge in [-0.2, -0.15) is 5.26 Å². The SMILES string of the molecule is N#Cc1ccc(CNCC2(O)CCCCC2)s1. The van der Waals surface area contributed by atoms with Crippen LogP contribution < -0.4 is 5.32 Å². The molecule has 1 heterocycles. The highest BCUT2D eigenvalue weighted by Crippen LogP contribution is 2.27. The zero-order valence-electron chi connectivity index (χ0n) is 9.91. The summed E-state index contributed by atoms with van der Waals surface area (Å²) in [5.41, 5.74) is -0.506. The van der Waals surface area contributed by atoms with E-state index in [1.54, 1.807) is 0 Å². The Morgan fingerprint density at radius 2 is 2.12 bits per heavy atom. The van der Waals surface area contributed by atoms with Crippen LogP contribution in [0.3, 0.4) is 0 Å². The fourth-order valence-electron chi connectivity index (χ4n) is 2.34. The molecule has 0 atom stereocenters. The van der Waals surface area contributed by atoms with Gasteiger partial charge >= 0.3 is 0 Å². The minimum atomic E-state index is -0.506. The van der Waals surface area contributed by atoms with Crippen LogP contribution in [0.1, 0.15) is 41.9 Å². The van der Waals surface area contributed by atoms with Crippen LogP contribution in [0.2, 0.25) is 0 Å². The first-order valence-corrected chi connectivity index (χ1v) is 6.95. The van der Waals surface area contributed by atoms with Crippen molar-refractivity contribution in [2.75, 3.05) is 6.54 Å². The molecule has 0 bridgehead atoms. The molecule has 92 valence electrons. The van der Waals surface area contributed by atoms with Crippen molar-refractivity contribution in [2.24, 2.45) is 0 Å². The topological polar surface area (TPSA) is 56.0 Å². The van der Waals surface area contributed by atoms with E-state index >= 15 is 0 Å². The van der Waals surface area contributed by atoms with Crippen LogP contribution in [0.4, 0.5) is 0 Å². The number of hydrogen-bond donors (Lipinski definition) is 2. The van der Waals surface area contributed by atoms with Crippen LogP contribution >= 0.6 is 11.3 Å². The Kier molecular flexibility index (Phi) is 4.16. The molecule has 0 radical (unpaired) electrons. The van der Waals surface area contributed by atoms with Crippen LogP contribution in [-0.4, -0.2) is 17.3 Å². The molecule has 0 aromatic carbocycles. The Morgan fingerprint density at radius 1 is 1.35 bits per heavy atom. The fourth-order valence-corrected chi connectivity index (χ4v) is 3.11. The Morgan fingerprint density at radius 3 is 2.76 bits per heavy atom. The number of aliphatic hydroxyl groups is 1. The maximum atomic E-state index is 10.3. The minimum Gasteiger partial charge on any atom is -0.389 e. The van der Waals surface area contributed by atoms with E-state index in [0.29, 0.717) is 6.54 Å². The van der Waals surface area contributed by atoms with Crippen LogP contribution in [0.25, 0.3) is 0 Å². The number of nitriles is 1. The van der Waals surface area contributed by atoms with Gasteiger partial charge in [0.05, 0.1) is 5.60 Å². The van der Waals surface area contributed by atoms with Crippen molar-refractivity contribution in [3.05, 3.63) is 21.9 Å². The molecule has 2 N–H and O–H groups in total. The number of hydrogen-bond acceptors (Lipinski definition) is 4. The van der Waals surface area contributed by atoms with E-state index in [1.165, 1.54) is 17.8 Å². The lowest BCUT2D eigenvalue weighted by Crippen LogP contribution is -2.41. The standard InChI is InChI=1S/C13H18N2OS/c14-8-11-4-5-12(17-11)9-15-10-13(16)6-2-1-3-7-13/h4-5,15-16H,1-3,6-7,9-10H2. The Bertz CT molecular complexity index is 402. The highest BCUT2D eigenvalue weighted by atomic mass is 32.1. The highest BCUT2D eigenvalue weighted by molar-refractivity contribution is 7.12. The predicted octanol–water partition coefficient (Wildman–Crippen LogP) is 2.40. The quantitative estimate of drug-likeness (QED) is 0.862. The molecule has 0 unspecified atom stereocenters. The van der Waals surface area contributed by atoms with E-state index in [2.05, 4.69) is 11.4 Å². The third-order valence-electron chi connectivity index (χ3n) is 3.31. The average molecular weight is 250 g/mol. The van der Waals surface area contributed by atoms with Gasteiger partial charge in [-0.15, -0.1) is 11.3 Å². The summed E-state index contributed by atoms with van der Waals surface area (Å²) in [4.78, 5) is 1.90. The number of nitrogens with one attached hydrogen (secondary N) is 1. The van der Waals surface area contributed by atoms with Crippen molar-refractivity contribution in [2.45, 2.75) is 44.2 Å². The maximum absolute atomic E-state index is 10.3. The van der Waals surface area contributed by atoms with Gasteiger partial charge in [0.2, 0.25) is 0 Å². The lowest BCUT2D eigenvalue weighted by Gasteiger charge is -2.32. The van der Waals surface area contributed by atoms with Crippen LogP contribution in [0, 0.1) is 11.3 Å². The summed E-state index contributed by atoms with van der Waals surface area (Å²) in [6.45, 7) is 1.40.